The minimum absolute atomic E-state index is 0.0303. The Bertz CT molecular complexity index is 718. The van der Waals surface area contributed by atoms with Crippen LogP contribution in [0.3, 0.4) is 0 Å². The third-order valence-electron chi connectivity index (χ3n) is 3.73. The fourth-order valence-electron chi connectivity index (χ4n) is 2.27. The first-order valence-electron chi connectivity index (χ1n) is 8.39. The van der Waals surface area contributed by atoms with Gasteiger partial charge in [0.25, 0.3) is 0 Å². The van der Waals surface area contributed by atoms with E-state index in [0.29, 0.717) is 24.7 Å². The topological polar surface area (TPSA) is 56.8 Å². The Morgan fingerprint density at radius 1 is 1.08 bits per heavy atom. The number of methoxy groups -OCH3 is 2. The van der Waals surface area contributed by atoms with Crippen LogP contribution in [0.25, 0.3) is 0 Å². The second kappa shape index (κ2) is 9.97. The second-order valence-electron chi connectivity index (χ2n) is 5.73. The number of benzene rings is 2. The molecule has 2 aromatic carbocycles. The van der Waals surface area contributed by atoms with Crippen LogP contribution in [-0.4, -0.2) is 38.5 Å². The molecule has 140 valence electrons. The molecular weight excluding hydrogens is 350 g/mol. The summed E-state index contributed by atoms with van der Waals surface area (Å²) >= 11 is 1.47. The first kappa shape index (κ1) is 20.0. The first-order valence-corrected chi connectivity index (χ1v) is 9.27. The van der Waals surface area contributed by atoms with Gasteiger partial charge in [-0.2, -0.15) is 0 Å². The molecule has 2 aromatic rings. The van der Waals surface area contributed by atoms with Gasteiger partial charge in [0.05, 0.1) is 26.0 Å². The molecule has 0 saturated carbocycles. The zero-order valence-corrected chi connectivity index (χ0v) is 16.4. The van der Waals surface area contributed by atoms with Gasteiger partial charge in [0.2, 0.25) is 5.91 Å². The second-order valence-corrected chi connectivity index (χ2v) is 7.14. The van der Waals surface area contributed by atoms with Gasteiger partial charge in [-0.05, 0) is 44.2 Å². The lowest BCUT2D eigenvalue weighted by Gasteiger charge is -2.14. The molecule has 1 amide bonds. The molecule has 0 aliphatic carbocycles. The van der Waals surface area contributed by atoms with Crippen LogP contribution in [0.5, 0.6) is 17.2 Å². The highest BCUT2D eigenvalue weighted by molar-refractivity contribution is 8.00. The van der Waals surface area contributed by atoms with Crippen LogP contribution in [0, 0.1) is 6.92 Å². The van der Waals surface area contributed by atoms with E-state index in [1.54, 1.807) is 14.2 Å². The lowest BCUT2D eigenvalue weighted by Crippen LogP contribution is -2.33. The largest absolute Gasteiger partial charge is 0.493 e. The summed E-state index contributed by atoms with van der Waals surface area (Å²) in [7, 11) is 3.19. The summed E-state index contributed by atoms with van der Waals surface area (Å²) in [4.78, 5) is 13.2. The van der Waals surface area contributed by atoms with Crippen molar-refractivity contribution in [2.24, 2.45) is 0 Å². The zero-order valence-electron chi connectivity index (χ0n) is 15.6. The molecule has 26 heavy (non-hydrogen) atoms. The number of hydrogen-bond donors (Lipinski definition) is 1. The van der Waals surface area contributed by atoms with Crippen LogP contribution in [0.4, 0.5) is 0 Å². The van der Waals surface area contributed by atoms with Gasteiger partial charge in [0.1, 0.15) is 12.4 Å². The molecule has 0 spiro atoms. The fraction of sp³-hybridized carbons (Fsp3) is 0.350. The van der Waals surface area contributed by atoms with Gasteiger partial charge in [-0.1, -0.05) is 17.7 Å². The maximum Gasteiger partial charge on any atom is 0.233 e. The monoisotopic (exact) mass is 375 g/mol. The molecule has 0 aliphatic heterocycles. The maximum atomic E-state index is 12.2. The van der Waals surface area contributed by atoms with E-state index < -0.39 is 0 Å². The number of nitrogens with one attached hydrogen (secondary N) is 1. The number of carbonyl (C=O) groups excluding carboxylic acids is 1. The summed E-state index contributed by atoms with van der Waals surface area (Å²) in [5.41, 5.74) is 1.19. The van der Waals surface area contributed by atoms with Crippen LogP contribution in [0.15, 0.2) is 47.4 Å². The molecule has 0 fully saturated rings. The van der Waals surface area contributed by atoms with Gasteiger partial charge in [-0.25, -0.2) is 0 Å². The minimum atomic E-state index is -0.229. The van der Waals surface area contributed by atoms with Gasteiger partial charge in [-0.15, -0.1) is 11.8 Å². The van der Waals surface area contributed by atoms with Crippen molar-refractivity contribution < 1.29 is 19.0 Å². The summed E-state index contributed by atoms with van der Waals surface area (Å²) < 4.78 is 16.1. The maximum absolute atomic E-state index is 12.2. The average molecular weight is 375 g/mol. The Hall–Kier alpha value is -2.34. The van der Waals surface area contributed by atoms with Crippen LogP contribution in [0.1, 0.15) is 12.5 Å². The van der Waals surface area contributed by atoms with Crippen LogP contribution >= 0.6 is 11.8 Å². The van der Waals surface area contributed by atoms with Crippen molar-refractivity contribution in [2.75, 3.05) is 27.4 Å². The van der Waals surface area contributed by atoms with Gasteiger partial charge >= 0.3 is 0 Å². The molecular formula is C20H25NO4S. The van der Waals surface area contributed by atoms with Crippen molar-refractivity contribution in [1.82, 2.24) is 5.32 Å². The minimum Gasteiger partial charge on any atom is -0.493 e. The summed E-state index contributed by atoms with van der Waals surface area (Å²) in [5, 5.41) is 2.67. The van der Waals surface area contributed by atoms with E-state index >= 15 is 0 Å². The predicted molar refractivity (Wildman–Crippen MR) is 105 cm³/mol. The van der Waals surface area contributed by atoms with Crippen molar-refractivity contribution in [3.63, 3.8) is 0 Å². The average Bonchev–Trinajstić information content (AvgIpc) is 2.66. The lowest BCUT2D eigenvalue weighted by atomic mass is 10.2. The Balaban J connectivity index is 1.77. The molecule has 0 unspecified atom stereocenters. The quantitative estimate of drug-likeness (QED) is 0.535. The molecule has 1 N–H and O–H groups in total. The van der Waals surface area contributed by atoms with Gasteiger partial charge in [0.15, 0.2) is 11.5 Å². The van der Waals surface area contributed by atoms with Crippen molar-refractivity contribution >= 4 is 17.7 Å². The van der Waals surface area contributed by atoms with Crippen LogP contribution in [-0.2, 0) is 4.79 Å². The van der Waals surface area contributed by atoms with Crippen molar-refractivity contribution in [2.45, 2.75) is 24.0 Å². The number of thioether (sulfide) groups is 1. The summed E-state index contributed by atoms with van der Waals surface area (Å²) in [6.45, 7) is 4.80. The predicted octanol–water partition coefficient (Wildman–Crippen LogP) is 3.69. The Kier molecular flexibility index (Phi) is 7.66. The van der Waals surface area contributed by atoms with E-state index in [1.807, 2.05) is 56.3 Å². The summed E-state index contributed by atoms with van der Waals surface area (Å²) in [5.74, 6) is 2.09. The van der Waals surface area contributed by atoms with Crippen molar-refractivity contribution in [1.29, 1.82) is 0 Å². The lowest BCUT2D eigenvalue weighted by molar-refractivity contribution is -0.120. The summed E-state index contributed by atoms with van der Waals surface area (Å²) in [6.07, 6.45) is 0. The van der Waals surface area contributed by atoms with Gasteiger partial charge < -0.3 is 19.5 Å². The Morgan fingerprint density at radius 2 is 1.77 bits per heavy atom. The SMILES string of the molecule is COc1ccc(S[C@@H](C)C(=O)NCCOc2ccc(C)cc2)cc1OC. The Labute approximate surface area is 159 Å². The molecule has 2 rings (SSSR count). The van der Waals surface area contributed by atoms with E-state index in [0.717, 1.165) is 10.6 Å². The third kappa shape index (κ3) is 5.88. The zero-order chi connectivity index (χ0) is 18.9. The molecule has 0 aromatic heterocycles. The number of ether oxygens (including phenoxy) is 3. The first-order chi connectivity index (χ1) is 12.5. The fourth-order valence-corrected chi connectivity index (χ4v) is 3.19. The van der Waals surface area contributed by atoms with Crippen LogP contribution in [0.2, 0.25) is 0 Å². The number of aryl methyl sites for hydroxylation is 1. The van der Waals surface area contributed by atoms with Crippen molar-refractivity contribution in [3.05, 3.63) is 48.0 Å². The third-order valence-corrected chi connectivity index (χ3v) is 4.82. The molecule has 5 nitrogen and oxygen atoms in total. The van der Waals surface area contributed by atoms with E-state index in [9.17, 15) is 4.79 Å². The highest BCUT2D eigenvalue weighted by Crippen LogP contribution is 2.33. The molecule has 0 aliphatic rings. The van der Waals surface area contributed by atoms with E-state index in [1.165, 1.54) is 17.3 Å². The molecule has 1 atom stereocenters. The van der Waals surface area contributed by atoms with E-state index in [-0.39, 0.29) is 11.2 Å². The molecule has 0 saturated heterocycles. The highest BCUT2D eigenvalue weighted by atomic mass is 32.2. The van der Waals surface area contributed by atoms with Crippen molar-refractivity contribution in [3.8, 4) is 17.2 Å². The number of rotatable bonds is 9. The van der Waals surface area contributed by atoms with Crippen LogP contribution < -0.4 is 19.5 Å². The van der Waals surface area contributed by atoms with Gasteiger partial charge in [0, 0.05) is 4.90 Å². The number of hydrogen-bond acceptors (Lipinski definition) is 5. The number of carbonyl (C=O) groups is 1. The highest BCUT2D eigenvalue weighted by Gasteiger charge is 2.15. The standard InChI is InChI=1S/C20H25NO4S/c1-14-5-7-16(8-6-14)25-12-11-21-20(22)15(2)26-17-9-10-18(23-3)19(13-17)24-4/h5-10,13,15H,11-12H2,1-4H3,(H,21,22)/t15-/m0/s1. The van der Waals surface area contributed by atoms with E-state index in [2.05, 4.69) is 5.32 Å². The number of amides is 1. The van der Waals surface area contributed by atoms with E-state index in [4.69, 9.17) is 14.2 Å². The molecule has 0 heterocycles. The van der Waals surface area contributed by atoms with Gasteiger partial charge in [-0.3, -0.25) is 4.79 Å². The Morgan fingerprint density at radius 3 is 2.42 bits per heavy atom. The normalized spacial score (nSPS) is 11.5. The molecule has 0 radical (unpaired) electrons. The molecule has 0 bridgehead atoms. The smallest absolute Gasteiger partial charge is 0.233 e. The summed E-state index contributed by atoms with van der Waals surface area (Å²) in [6, 6.07) is 13.5. The molecule has 6 heteroatoms.